The number of hydrogen-bond donors (Lipinski definition) is 0. The van der Waals surface area contributed by atoms with Crippen molar-refractivity contribution in [3.05, 3.63) is 89.7 Å². The molecule has 7 heteroatoms. The van der Waals surface area contributed by atoms with Gasteiger partial charge in [0, 0.05) is 63.3 Å². The Labute approximate surface area is 225 Å². The van der Waals surface area contributed by atoms with Gasteiger partial charge in [-0.3, -0.25) is 19.5 Å². The topological polar surface area (TPSA) is 66.0 Å². The molecule has 2 amide bonds. The molecule has 2 aliphatic heterocycles. The van der Waals surface area contributed by atoms with E-state index in [0.29, 0.717) is 32.1 Å². The number of amides is 2. The van der Waals surface area contributed by atoms with Gasteiger partial charge in [0.2, 0.25) is 11.8 Å². The second-order valence-electron chi connectivity index (χ2n) is 10.3. The number of fused-ring (bicyclic) bond motifs is 3. The maximum absolute atomic E-state index is 13.8. The molecule has 2 aliphatic rings. The third-order valence-corrected chi connectivity index (χ3v) is 7.87. The minimum absolute atomic E-state index is 0.0289. The van der Waals surface area contributed by atoms with Gasteiger partial charge in [-0.2, -0.15) is 0 Å². The van der Waals surface area contributed by atoms with E-state index in [0.717, 1.165) is 48.4 Å². The Morgan fingerprint density at radius 2 is 1.74 bits per heavy atom. The molecule has 5 rings (SSSR count). The molecule has 38 heavy (non-hydrogen) atoms. The molecule has 0 saturated carbocycles. The van der Waals surface area contributed by atoms with Crippen LogP contribution in [0.25, 0.3) is 0 Å². The van der Waals surface area contributed by atoms with Gasteiger partial charge in [-0.15, -0.1) is 0 Å². The zero-order chi connectivity index (χ0) is 26.5. The van der Waals surface area contributed by atoms with Crippen molar-refractivity contribution in [3.63, 3.8) is 0 Å². The Morgan fingerprint density at radius 1 is 0.947 bits per heavy atom. The molecule has 2 atom stereocenters. The lowest BCUT2D eigenvalue weighted by Gasteiger charge is -2.34. The molecule has 0 radical (unpaired) electrons. The number of carbonyl (C=O) groups excluding carboxylic acids is 2. The molecule has 1 aromatic heterocycles. The van der Waals surface area contributed by atoms with Gasteiger partial charge >= 0.3 is 0 Å². The number of methoxy groups -OCH3 is 1. The van der Waals surface area contributed by atoms with Crippen LogP contribution in [-0.2, 0) is 29.1 Å². The average molecular weight is 513 g/mol. The normalized spacial score (nSPS) is 19.9. The van der Waals surface area contributed by atoms with Crippen molar-refractivity contribution >= 4 is 17.5 Å². The standard InChI is InChI=1S/C31H36N4O3/c1-23(36)34-17-15-27-11-12-28(35(27)20-25-6-5-16-32-19-25)22-33(21-26-7-3-4-8-30(26)34)31(37)18-24-9-13-29(38-2)14-10-24/h3-10,13-14,16,19,27-28H,11-12,15,17-18,20-22H2,1-2H3. The first kappa shape index (κ1) is 25.9. The summed E-state index contributed by atoms with van der Waals surface area (Å²) in [5.74, 6) is 0.891. The zero-order valence-electron chi connectivity index (χ0n) is 22.3. The molecule has 0 aliphatic carbocycles. The molecule has 7 nitrogen and oxygen atoms in total. The minimum Gasteiger partial charge on any atom is -0.497 e. The summed E-state index contributed by atoms with van der Waals surface area (Å²) in [6.45, 7) is 4.20. The summed E-state index contributed by atoms with van der Waals surface area (Å²) in [4.78, 5) is 37.4. The molecule has 198 valence electrons. The van der Waals surface area contributed by atoms with Gasteiger partial charge in [0.05, 0.1) is 13.5 Å². The first-order chi connectivity index (χ1) is 18.5. The molecule has 3 aromatic rings. The fourth-order valence-corrected chi connectivity index (χ4v) is 5.86. The lowest BCUT2D eigenvalue weighted by Crippen LogP contribution is -2.45. The minimum atomic E-state index is 0.0289. The van der Waals surface area contributed by atoms with Crippen LogP contribution in [0.5, 0.6) is 5.75 Å². The number of aromatic nitrogens is 1. The quantitative estimate of drug-likeness (QED) is 0.505. The van der Waals surface area contributed by atoms with Crippen molar-refractivity contribution in [2.24, 2.45) is 0 Å². The monoisotopic (exact) mass is 512 g/mol. The number of rotatable bonds is 5. The van der Waals surface area contributed by atoms with Crippen LogP contribution in [0.1, 0.15) is 42.9 Å². The van der Waals surface area contributed by atoms with Crippen molar-refractivity contribution in [1.82, 2.24) is 14.8 Å². The molecular formula is C31H36N4O3. The van der Waals surface area contributed by atoms with E-state index in [1.807, 2.05) is 70.6 Å². The number of nitrogens with zero attached hydrogens (tertiary/aromatic N) is 4. The molecular weight excluding hydrogens is 476 g/mol. The van der Waals surface area contributed by atoms with Crippen LogP contribution in [0.15, 0.2) is 73.1 Å². The summed E-state index contributed by atoms with van der Waals surface area (Å²) in [5.41, 5.74) is 4.03. The van der Waals surface area contributed by atoms with Crippen molar-refractivity contribution < 1.29 is 14.3 Å². The summed E-state index contributed by atoms with van der Waals surface area (Å²) < 4.78 is 5.28. The molecule has 2 aromatic carbocycles. The molecule has 2 bridgehead atoms. The third kappa shape index (κ3) is 5.89. The van der Waals surface area contributed by atoms with E-state index in [9.17, 15) is 9.59 Å². The number of pyridine rings is 1. The van der Waals surface area contributed by atoms with Gasteiger partial charge in [0.15, 0.2) is 0 Å². The van der Waals surface area contributed by atoms with E-state index in [4.69, 9.17) is 4.74 Å². The van der Waals surface area contributed by atoms with Gasteiger partial charge in [-0.05, 0) is 60.2 Å². The number of carbonyl (C=O) groups is 2. The van der Waals surface area contributed by atoms with E-state index >= 15 is 0 Å². The highest BCUT2D eigenvalue weighted by Crippen LogP contribution is 2.32. The van der Waals surface area contributed by atoms with Gasteiger partial charge < -0.3 is 14.5 Å². The largest absolute Gasteiger partial charge is 0.497 e. The van der Waals surface area contributed by atoms with Gasteiger partial charge in [0.25, 0.3) is 0 Å². The highest BCUT2D eigenvalue weighted by atomic mass is 16.5. The first-order valence-electron chi connectivity index (χ1n) is 13.4. The van der Waals surface area contributed by atoms with Gasteiger partial charge in [0.1, 0.15) is 5.75 Å². The zero-order valence-corrected chi connectivity index (χ0v) is 22.3. The first-order valence-corrected chi connectivity index (χ1v) is 13.4. The van der Waals surface area contributed by atoms with Crippen molar-refractivity contribution in [1.29, 1.82) is 0 Å². The Balaban J connectivity index is 1.48. The van der Waals surface area contributed by atoms with Crippen LogP contribution in [-0.4, -0.2) is 58.9 Å². The SMILES string of the molecule is COc1ccc(CC(=O)N2Cc3ccccc3N(C(C)=O)CCC3CCC(C2)N3Cc2cccnc2)cc1. The van der Waals surface area contributed by atoms with Crippen LogP contribution >= 0.6 is 0 Å². The number of para-hydroxylation sites is 1. The average Bonchev–Trinajstić information content (AvgIpc) is 3.29. The Bertz CT molecular complexity index is 1250. The summed E-state index contributed by atoms with van der Waals surface area (Å²) >= 11 is 0. The summed E-state index contributed by atoms with van der Waals surface area (Å²) in [6, 6.07) is 20.4. The van der Waals surface area contributed by atoms with E-state index in [1.165, 1.54) is 5.56 Å². The van der Waals surface area contributed by atoms with Crippen LogP contribution in [0, 0.1) is 0 Å². The van der Waals surface area contributed by atoms with E-state index in [-0.39, 0.29) is 17.9 Å². The van der Waals surface area contributed by atoms with Crippen LogP contribution in [0.3, 0.4) is 0 Å². The number of ether oxygens (including phenoxy) is 1. The van der Waals surface area contributed by atoms with E-state index in [2.05, 4.69) is 16.0 Å². The van der Waals surface area contributed by atoms with Crippen molar-refractivity contribution in [2.75, 3.05) is 25.1 Å². The maximum Gasteiger partial charge on any atom is 0.227 e. The second kappa shape index (κ2) is 11.8. The number of anilines is 1. The maximum atomic E-state index is 13.8. The highest BCUT2D eigenvalue weighted by molar-refractivity contribution is 5.92. The van der Waals surface area contributed by atoms with Gasteiger partial charge in [-0.25, -0.2) is 0 Å². The Morgan fingerprint density at radius 3 is 2.47 bits per heavy atom. The predicted octanol–water partition coefficient (Wildman–Crippen LogP) is 4.45. The summed E-state index contributed by atoms with van der Waals surface area (Å²) in [6.07, 6.45) is 7.02. The number of hydrogen-bond acceptors (Lipinski definition) is 5. The fraction of sp³-hybridized carbons (Fsp3) is 0.387. The van der Waals surface area contributed by atoms with E-state index in [1.54, 1.807) is 20.2 Å². The Hall–Kier alpha value is -3.71. The van der Waals surface area contributed by atoms with Crippen LogP contribution in [0.2, 0.25) is 0 Å². The second-order valence-corrected chi connectivity index (χ2v) is 10.3. The van der Waals surface area contributed by atoms with Crippen molar-refractivity contribution in [2.45, 2.75) is 57.8 Å². The molecule has 0 N–H and O–H groups in total. The van der Waals surface area contributed by atoms with Gasteiger partial charge in [-0.1, -0.05) is 36.4 Å². The van der Waals surface area contributed by atoms with Crippen LogP contribution in [0.4, 0.5) is 5.69 Å². The fourth-order valence-electron chi connectivity index (χ4n) is 5.86. The summed E-state index contributed by atoms with van der Waals surface area (Å²) in [7, 11) is 1.64. The lowest BCUT2D eigenvalue weighted by atomic mass is 10.1. The van der Waals surface area contributed by atoms with Crippen LogP contribution < -0.4 is 9.64 Å². The highest BCUT2D eigenvalue weighted by Gasteiger charge is 2.36. The third-order valence-electron chi connectivity index (χ3n) is 7.87. The lowest BCUT2D eigenvalue weighted by molar-refractivity contribution is -0.132. The molecule has 0 spiro atoms. The molecule has 2 unspecified atom stereocenters. The summed E-state index contributed by atoms with van der Waals surface area (Å²) in [5, 5.41) is 0. The smallest absolute Gasteiger partial charge is 0.227 e. The van der Waals surface area contributed by atoms with E-state index < -0.39 is 0 Å². The molecule has 1 fully saturated rings. The molecule has 1 saturated heterocycles. The Kier molecular flexibility index (Phi) is 8.03. The number of benzene rings is 2. The predicted molar refractivity (Wildman–Crippen MR) is 148 cm³/mol. The van der Waals surface area contributed by atoms with Crippen molar-refractivity contribution in [3.8, 4) is 5.75 Å². The molecule has 3 heterocycles.